The van der Waals surface area contributed by atoms with Crippen LogP contribution >= 0.6 is 0 Å². The van der Waals surface area contributed by atoms with Gasteiger partial charge in [0.05, 0.1) is 39.5 Å². The van der Waals surface area contributed by atoms with Crippen LogP contribution in [0.15, 0.2) is 152 Å². The molecule has 0 saturated heterocycles. The van der Waals surface area contributed by atoms with Gasteiger partial charge in [-0.15, -0.1) is 0 Å². The molecule has 0 spiro atoms. The van der Waals surface area contributed by atoms with Gasteiger partial charge in [0.15, 0.2) is 0 Å². The molecule has 0 atom stereocenters. The maximum atomic E-state index is 5.76. The number of hydrogen-bond acceptors (Lipinski definition) is 3. The van der Waals surface area contributed by atoms with Crippen LogP contribution in [-0.4, -0.2) is 19.3 Å². The molecule has 5 nitrogen and oxygen atoms in total. The van der Waals surface area contributed by atoms with Gasteiger partial charge >= 0.3 is 0 Å². The van der Waals surface area contributed by atoms with Gasteiger partial charge in [-0.05, 0) is 99.2 Å². The third kappa shape index (κ3) is 6.98. The maximum Gasteiger partial charge on any atom is 0.137 e. The summed E-state index contributed by atoms with van der Waals surface area (Å²) in [5, 5.41) is 8.17. The Bertz CT molecular complexity index is 3280. The number of benzene rings is 6. The molecule has 0 unspecified atom stereocenters. The summed E-state index contributed by atoms with van der Waals surface area (Å²) in [6, 6.07) is 54.0. The van der Waals surface area contributed by atoms with Gasteiger partial charge < -0.3 is 4.90 Å². The first-order valence-electron chi connectivity index (χ1n) is 23.8. The van der Waals surface area contributed by atoms with E-state index in [0.717, 1.165) is 50.9 Å². The van der Waals surface area contributed by atoms with Crippen LogP contribution in [0.2, 0.25) is 0 Å². The molecule has 0 amide bonds. The van der Waals surface area contributed by atoms with E-state index in [0.29, 0.717) is 11.8 Å². The van der Waals surface area contributed by atoms with Gasteiger partial charge in [-0.2, -0.15) is 5.10 Å². The van der Waals surface area contributed by atoms with Crippen molar-refractivity contribution < 1.29 is 0 Å². The number of nitrogens with zero attached hydrogens (tertiary/aromatic N) is 5. The molecular weight excluding hydrogens is 803 g/mol. The summed E-state index contributed by atoms with van der Waals surface area (Å²) in [4.78, 5) is 7.51. The van der Waals surface area contributed by atoms with E-state index in [9.17, 15) is 0 Å². The second kappa shape index (κ2) is 15.7. The Morgan fingerprint density at radius 3 is 1.86 bits per heavy atom. The average molecular weight is 866 g/mol. The molecule has 0 aliphatic carbocycles. The normalized spacial score (nSPS) is 13.8. The molecule has 0 saturated carbocycles. The molecule has 9 aromatic rings. The predicted molar refractivity (Wildman–Crippen MR) is 279 cm³/mol. The van der Waals surface area contributed by atoms with E-state index in [-0.39, 0.29) is 16.2 Å². The van der Waals surface area contributed by atoms with Gasteiger partial charge in [-0.1, -0.05) is 180 Å². The summed E-state index contributed by atoms with van der Waals surface area (Å²) in [7, 11) is 0. The summed E-state index contributed by atoms with van der Waals surface area (Å²) >= 11 is 0. The first-order chi connectivity index (χ1) is 31.4. The highest BCUT2D eigenvalue weighted by atomic mass is 15.3. The Kier molecular flexibility index (Phi) is 10.3. The molecule has 0 bridgehead atoms. The summed E-state index contributed by atoms with van der Waals surface area (Å²) in [5.74, 6) is 1.57. The van der Waals surface area contributed by atoms with E-state index in [1.807, 2.05) is 6.20 Å². The van der Waals surface area contributed by atoms with Gasteiger partial charge in [-0.25, -0.2) is 9.67 Å². The van der Waals surface area contributed by atoms with Crippen molar-refractivity contribution in [1.29, 1.82) is 0 Å². The maximum absolute atomic E-state index is 5.76. The van der Waals surface area contributed by atoms with Crippen LogP contribution in [0.1, 0.15) is 128 Å². The lowest BCUT2D eigenvalue weighted by atomic mass is 9.73. The zero-order chi connectivity index (χ0) is 46.4. The zero-order valence-electron chi connectivity index (χ0n) is 40.8. The van der Waals surface area contributed by atoms with Crippen LogP contribution in [0.3, 0.4) is 0 Å². The Hall–Kier alpha value is -6.72. The van der Waals surface area contributed by atoms with Crippen LogP contribution in [-0.2, 0) is 16.2 Å². The molecule has 4 heterocycles. The van der Waals surface area contributed by atoms with E-state index in [1.54, 1.807) is 0 Å². The summed E-state index contributed by atoms with van der Waals surface area (Å²) in [6.07, 6.45) is 1.96. The van der Waals surface area contributed by atoms with Crippen molar-refractivity contribution in [1.82, 2.24) is 19.3 Å². The predicted octanol–water partition coefficient (Wildman–Crippen LogP) is 16.6. The van der Waals surface area contributed by atoms with Crippen LogP contribution in [0.25, 0.3) is 55.7 Å². The molecule has 3 aromatic heterocycles. The third-order valence-corrected chi connectivity index (χ3v) is 14.0. The summed E-state index contributed by atoms with van der Waals surface area (Å²) in [6.45, 7) is 27.7. The lowest BCUT2D eigenvalue weighted by molar-refractivity contribution is 0.561. The minimum absolute atomic E-state index is 0.0226. The number of fused-ring (bicyclic) bond motifs is 5. The van der Waals surface area contributed by atoms with Crippen molar-refractivity contribution in [2.75, 3.05) is 4.90 Å². The lowest BCUT2D eigenvalue weighted by Gasteiger charge is -2.42. The minimum Gasteiger partial charge on any atom is -0.310 e. The van der Waals surface area contributed by atoms with E-state index in [1.165, 1.54) is 55.4 Å². The van der Waals surface area contributed by atoms with Gasteiger partial charge in [0.1, 0.15) is 5.82 Å². The molecule has 332 valence electrons. The Labute approximate surface area is 391 Å². The first kappa shape index (κ1) is 43.2. The molecule has 6 aromatic carbocycles. The number of pyridine rings is 1. The molecule has 0 N–H and O–H groups in total. The molecule has 5 heteroatoms. The fourth-order valence-corrected chi connectivity index (χ4v) is 10.5. The zero-order valence-corrected chi connectivity index (χ0v) is 40.8. The van der Waals surface area contributed by atoms with E-state index in [4.69, 9.17) is 10.1 Å². The van der Waals surface area contributed by atoms with E-state index < -0.39 is 0 Å². The monoisotopic (exact) mass is 866 g/mol. The number of aromatic nitrogens is 4. The molecule has 0 radical (unpaired) electrons. The molecule has 1 aliphatic heterocycles. The van der Waals surface area contributed by atoms with Crippen molar-refractivity contribution in [2.24, 2.45) is 0 Å². The van der Waals surface area contributed by atoms with Gasteiger partial charge in [-0.3, -0.25) is 4.57 Å². The summed E-state index contributed by atoms with van der Waals surface area (Å²) < 4.78 is 4.61. The minimum atomic E-state index is -0.270. The molecular formula is C61H63N5. The lowest BCUT2D eigenvalue weighted by Crippen LogP contribution is -2.30. The van der Waals surface area contributed by atoms with Gasteiger partial charge in [0.2, 0.25) is 0 Å². The van der Waals surface area contributed by atoms with Crippen molar-refractivity contribution in [2.45, 2.75) is 111 Å². The second-order valence-electron chi connectivity index (χ2n) is 21.6. The third-order valence-electron chi connectivity index (χ3n) is 14.0. The largest absolute Gasteiger partial charge is 0.310 e. The average Bonchev–Trinajstić information content (AvgIpc) is 3.86. The van der Waals surface area contributed by atoms with Crippen molar-refractivity contribution >= 4 is 38.9 Å². The quantitative estimate of drug-likeness (QED) is 0.160. The number of rotatable bonds is 7. The molecule has 10 rings (SSSR count). The number of hydrogen-bond donors (Lipinski definition) is 0. The Morgan fingerprint density at radius 1 is 0.530 bits per heavy atom. The smallest absolute Gasteiger partial charge is 0.137 e. The van der Waals surface area contributed by atoms with Crippen LogP contribution in [0, 0.1) is 0 Å². The Morgan fingerprint density at radius 2 is 1.17 bits per heavy atom. The highest BCUT2D eigenvalue weighted by Crippen LogP contribution is 2.54. The topological polar surface area (TPSA) is 38.9 Å². The highest BCUT2D eigenvalue weighted by molar-refractivity contribution is 6.10. The van der Waals surface area contributed by atoms with E-state index >= 15 is 0 Å². The Balaban J connectivity index is 1.26. The molecule has 1 aliphatic rings. The van der Waals surface area contributed by atoms with Gasteiger partial charge in [0, 0.05) is 44.6 Å². The second-order valence-corrected chi connectivity index (χ2v) is 21.6. The van der Waals surface area contributed by atoms with Gasteiger partial charge in [0.25, 0.3) is 0 Å². The number of para-hydroxylation sites is 2. The fourth-order valence-electron chi connectivity index (χ4n) is 10.5. The summed E-state index contributed by atoms with van der Waals surface area (Å²) in [5.41, 5.74) is 18.6. The van der Waals surface area contributed by atoms with Crippen LogP contribution in [0.4, 0.5) is 17.1 Å². The molecule has 66 heavy (non-hydrogen) atoms. The standard InChI is InChI=1S/C61H63N5/c1-38(2)44-24-20-25-45(39(3)4)55(44)56-57(40-21-14-13-15-22-40)66(63-58(56)60(8,9)10)43-30-32-49-53(37-43)64(51-28-19-17-26-48(51)61(49,11)12)42-29-31-47-46-23-16-18-27-50(46)65(52(47)36-42)54-35-41(33-34-62-54)59(5,6)7/h13-39H,1-12H3. The molecule has 0 fully saturated rings. The highest BCUT2D eigenvalue weighted by Gasteiger charge is 2.38. The van der Waals surface area contributed by atoms with Crippen molar-refractivity contribution in [3.63, 3.8) is 0 Å². The van der Waals surface area contributed by atoms with E-state index in [2.05, 4.69) is 243 Å². The van der Waals surface area contributed by atoms with Crippen LogP contribution < -0.4 is 4.90 Å². The van der Waals surface area contributed by atoms with Crippen LogP contribution in [0.5, 0.6) is 0 Å². The van der Waals surface area contributed by atoms with Crippen molar-refractivity contribution in [3.8, 4) is 33.9 Å². The van der Waals surface area contributed by atoms with Crippen molar-refractivity contribution in [3.05, 3.63) is 185 Å². The fraction of sp³-hybridized carbons (Fsp3) is 0.279. The number of anilines is 3. The SMILES string of the molecule is CC(C)c1cccc(C(C)C)c1-c1c(C(C)(C)C)nn(-c2ccc3c(c2)N(c2ccc4c5ccccc5n(-c5cc(C(C)(C)C)ccn5)c4c2)c2ccccc2C3(C)C)c1-c1ccccc1. The first-order valence-corrected chi connectivity index (χ1v) is 23.8.